The molecule has 0 aromatic heterocycles. The van der Waals surface area contributed by atoms with E-state index in [-0.39, 0.29) is 18.2 Å². The molecule has 0 fully saturated rings. The van der Waals surface area contributed by atoms with Crippen LogP contribution in [0.1, 0.15) is 36.8 Å². The maximum absolute atomic E-state index is 13.0. The van der Waals surface area contributed by atoms with Gasteiger partial charge in [-0.2, -0.15) is 0 Å². The highest BCUT2D eigenvalue weighted by Gasteiger charge is 2.18. The third kappa shape index (κ3) is 9.43. The molecule has 2 aromatic carbocycles. The Bertz CT molecular complexity index is 1000. The fraction of sp³-hybridized carbons (Fsp3) is 0.462. The molecule has 192 valence electrons. The first-order valence-electron chi connectivity index (χ1n) is 11.7. The largest absolute Gasteiger partial charge is 0.497 e. The standard InChI is InChI=1S/C26H38N4O4S/c1-19-17-23(34-6)18-20(2)26(19)35(33)30(5)16-14-25(32)28-22-12-10-21(11-13-22)27-24(31)9-7-8-15-29(3)4/h10-13,17-18H,7-9,14-16H2,1-6H3,(H,27,31)(H,28,32). The van der Waals surface area contributed by atoms with Crippen LogP contribution in [0, 0.1) is 13.8 Å². The molecule has 8 nitrogen and oxygen atoms in total. The number of nitrogens with one attached hydrogen (secondary N) is 2. The van der Waals surface area contributed by atoms with E-state index >= 15 is 0 Å². The summed E-state index contributed by atoms with van der Waals surface area (Å²) in [7, 11) is 6.00. The van der Waals surface area contributed by atoms with E-state index in [1.807, 2.05) is 40.1 Å². The molecule has 0 spiro atoms. The molecule has 0 aliphatic carbocycles. The maximum atomic E-state index is 13.0. The molecule has 0 aliphatic rings. The van der Waals surface area contributed by atoms with Crippen molar-refractivity contribution in [3.63, 3.8) is 0 Å². The van der Waals surface area contributed by atoms with Crippen LogP contribution in [0.4, 0.5) is 11.4 Å². The normalized spacial score (nSPS) is 12.0. The molecule has 2 amide bonds. The van der Waals surface area contributed by atoms with E-state index in [2.05, 4.69) is 15.5 Å². The van der Waals surface area contributed by atoms with Gasteiger partial charge in [-0.3, -0.25) is 9.59 Å². The van der Waals surface area contributed by atoms with Gasteiger partial charge in [-0.25, -0.2) is 8.51 Å². The molecule has 0 saturated carbocycles. The van der Waals surface area contributed by atoms with E-state index < -0.39 is 11.0 Å². The first-order chi connectivity index (χ1) is 16.6. The van der Waals surface area contributed by atoms with Gasteiger partial charge in [-0.1, -0.05) is 0 Å². The van der Waals surface area contributed by atoms with Crippen LogP contribution in [0.15, 0.2) is 41.3 Å². The molecule has 0 heterocycles. The van der Waals surface area contributed by atoms with Crippen LogP contribution in [0.2, 0.25) is 0 Å². The predicted molar refractivity (Wildman–Crippen MR) is 142 cm³/mol. The van der Waals surface area contributed by atoms with E-state index in [0.29, 0.717) is 24.3 Å². The number of ether oxygens (including phenoxy) is 1. The Labute approximate surface area is 211 Å². The topological polar surface area (TPSA) is 91.0 Å². The zero-order valence-electron chi connectivity index (χ0n) is 21.6. The first-order valence-corrected chi connectivity index (χ1v) is 12.8. The third-order valence-electron chi connectivity index (χ3n) is 5.49. The number of aryl methyl sites for hydroxylation is 2. The van der Waals surface area contributed by atoms with Gasteiger partial charge in [0.25, 0.3) is 0 Å². The zero-order chi connectivity index (χ0) is 26.0. The number of rotatable bonds is 13. The minimum absolute atomic E-state index is 0.0149. The van der Waals surface area contributed by atoms with Crippen LogP contribution in [0.5, 0.6) is 5.75 Å². The number of hydrogen-bond acceptors (Lipinski definition) is 5. The summed E-state index contributed by atoms with van der Waals surface area (Å²) in [6, 6.07) is 10.8. The Morgan fingerprint density at radius 3 is 1.86 bits per heavy atom. The van der Waals surface area contributed by atoms with E-state index in [1.54, 1.807) is 42.7 Å². The SMILES string of the molecule is COc1cc(C)c(S(=O)N(C)CCC(=O)Nc2ccc(NC(=O)CCCCN(C)C)cc2)c(C)c1. The van der Waals surface area contributed by atoms with E-state index in [4.69, 9.17) is 4.74 Å². The second-order valence-electron chi connectivity index (χ2n) is 8.88. The minimum Gasteiger partial charge on any atom is -0.497 e. The van der Waals surface area contributed by atoms with Crippen molar-refractivity contribution in [2.24, 2.45) is 0 Å². The van der Waals surface area contributed by atoms with Crippen LogP contribution in [-0.2, 0) is 20.6 Å². The molecule has 2 rings (SSSR count). The average molecular weight is 503 g/mol. The van der Waals surface area contributed by atoms with Crippen LogP contribution < -0.4 is 15.4 Å². The van der Waals surface area contributed by atoms with Gasteiger partial charge in [0.05, 0.1) is 12.0 Å². The third-order valence-corrected chi connectivity index (χ3v) is 7.23. The number of hydrogen-bond donors (Lipinski definition) is 2. The number of amides is 2. The lowest BCUT2D eigenvalue weighted by Gasteiger charge is -2.19. The van der Waals surface area contributed by atoms with Gasteiger partial charge >= 0.3 is 0 Å². The van der Waals surface area contributed by atoms with Crippen molar-refractivity contribution in [1.29, 1.82) is 0 Å². The summed E-state index contributed by atoms with van der Waals surface area (Å²) >= 11 is 0. The molecule has 0 saturated heterocycles. The number of methoxy groups -OCH3 is 1. The molecule has 0 bridgehead atoms. The lowest BCUT2D eigenvalue weighted by Crippen LogP contribution is -2.27. The van der Waals surface area contributed by atoms with Crippen LogP contribution in [-0.4, -0.2) is 66.6 Å². The van der Waals surface area contributed by atoms with Crippen LogP contribution in [0.3, 0.4) is 0 Å². The Balaban J connectivity index is 1.81. The summed E-state index contributed by atoms with van der Waals surface area (Å²) in [4.78, 5) is 27.3. The molecular weight excluding hydrogens is 464 g/mol. The maximum Gasteiger partial charge on any atom is 0.225 e. The molecule has 0 radical (unpaired) electrons. The summed E-state index contributed by atoms with van der Waals surface area (Å²) in [6.45, 7) is 5.11. The highest BCUT2D eigenvalue weighted by Crippen LogP contribution is 2.25. The first kappa shape index (κ1) is 28.5. The van der Waals surface area contributed by atoms with Gasteiger partial charge < -0.3 is 20.3 Å². The molecule has 1 atom stereocenters. The number of nitrogens with zero attached hydrogens (tertiary/aromatic N) is 2. The molecular formula is C26H38N4O4S. The summed E-state index contributed by atoms with van der Waals surface area (Å²) in [5, 5.41) is 5.73. The van der Waals surface area contributed by atoms with Gasteiger partial charge in [-0.15, -0.1) is 0 Å². The fourth-order valence-corrected chi connectivity index (χ4v) is 4.84. The van der Waals surface area contributed by atoms with Crippen molar-refractivity contribution in [2.75, 3.05) is 52.0 Å². The minimum atomic E-state index is -1.38. The molecule has 35 heavy (non-hydrogen) atoms. The lowest BCUT2D eigenvalue weighted by atomic mass is 10.1. The van der Waals surface area contributed by atoms with E-state index in [0.717, 1.165) is 41.2 Å². The van der Waals surface area contributed by atoms with Gasteiger partial charge in [0.1, 0.15) is 16.7 Å². The summed E-state index contributed by atoms with van der Waals surface area (Å²) in [5.74, 6) is 0.544. The zero-order valence-corrected chi connectivity index (χ0v) is 22.5. The number of benzene rings is 2. The van der Waals surface area contributed by atoms with Gasteiger partial charge in [0.15, 0.2) is 0 Å². The molecule has 2 aromatic rings. The monoisotopic (exact) mass is 502 g/mol. The quantitative estimate of drug-likeness (QED) is 0.405. The van der Waals surface area contributed by atoms with Gasteiger partial charge in [0, 0.05) is 37.8 Å². The Kier molecular flexibility index (Phi) is 11.4. The summed E-state index contributed by atoms with van der Waals surface area (Å²) in [5.41, 5.74) is 3.11. The summed E-state index contributed by atoms with van der Waals surface area (Å²) < 4.78 is 20.0. The van der Waals surface area contributed by atoms with Crippen molar-refractivity contribution < 1.29 is 18.5 Å². The molecule has 9 heteroatoms. The van der Waals surface area contributed by atoms with Crippen molar-refractivity contribution in [3.8, 4) is 5.75 Å². The highest BCUT2D eigenvalue weighted by molar-refractivity contribution is 7.82. The number of anilines is 2. The van der Waals surface area contributed by atoms with Crippen LogP contribution >= 0.6 is 0 Å². The Morgan fingerprint density at radius 1 is 0.857 bits per heavy atom. The van der Waals surface area contributed by atoms with Crippen molar-refractivity contribution >= 4 is 34.2 Å². The second-order valence-corrected chi connectivity index (χ2v) is 10.4. The van der Waals surface area contributed by atoms with Crippen molar-refractivity contribution in [3.05, 3.63) is 47.5 Å². The highest BCUT2D eigenvalue weighted by atomic mass is 32.2. The Morgan fingerprint density at radius 2 is 1.37 bits per heavy atom. The van der Waals surface area contributed by atoms with E-state index in [1.165, 1.54) is 0 Å². The van der Waals surface area contributed by atoms with Gasteiger partial charge in [0.2, 0.25) is 11.8 Å². The van der Waals surface area contributed by atoms with E-state index in [9.17, 15) is 13.8 Å². The number of carbonyl (C=O) groups excluding carboxylic acids is 2. The number of carbonyl (C=O) groups is 2. The molecule has 2 N–H and O–H groups in total. The van der Waals surface area contributed by atoms with Crippen molar-refractivity contribution in [2.45, 2.75) is 44.4 Å². The lowest BCUT2D eigenvalue weighted by molar-refractivity contribution is -0.117. The van der Waals surface area contributed by atoms with Crippen LogP contribution in [0.25, 0.3) is 0 Å². The average Bonchev–Trinajstić information content (AvgIpc) is 2.80. The van der Waals surface area contributed by atoms with Gasteiger partial charge in [-0.05, 0) is 94.9 Å². The summed E-state index contributed by atoms with van der Waals surface area (Å²) in [6.07, 6.45) is 2.50. The molecule has 1 unspecified atom stereocenters. The second kappa shape index (κ2) is 14.0. The number of unbranched alkanes of at least 4 members (excludes halogenated alkanes) is 1. The predicted octanol–water partition coefficient (Wildman–Crippen LogP) is 3.97. The smallest absolute Gasteiger partial charge is 0.225 e. The van der Waals surface area contributed by atoms with Crippen molar-refractivity contribution in [1.82, 2.24) is 9.21 Å². The Hall–Kier alpha value is -2.75. The molecule has 0 aliphatic heterocycles. The fourth-order valence-electron chi connectivity index (χ4n) is 3.60.